The molecular weight excluding hydrogens is 1610 g/mol. The molecule has 0 spiro atoms. The summed E-state index contributed by atoms with van der Waals surface area (Å²) in [5.41, 5.74) is 18.8. The second-order valence-corrected chi connectivity index (χ2v) is 37.8. The Morgan fingerprint density at radius 2 is 0.543 bits per heavy atom. The van der Waals surface area contributed by atoms with Crippen LogP contribution in [-0.4, -0.2) is 472 Å². The molecule has 0 unspecified atom stereocenters. The van der Waals surface area contributed by atoms with Crippen LogP contribution in [0.4, 0.5) is 22.7 Å². The van der Waals surface area contributed by atoms with E-state index in [0.717, 1.165) is 20.0 Å². The molecule has 0 bridgehead atoms. The van der Waals surface area contributed by atoms with Gasteiger partial charge in [0.1, 0.15) is 0 Å². The van der Waals surface area contributed by atoms with Crippen molar-refractivity contribution in [3.63, 3.8) is 0 Å². The third-order valence-electron chi connectivity index (χ3n) is 22.5. The first-order chi connectivity index (χ1) is 61.6. The van der Waals surface area contributed by atoms with Crippen molar-refractivity contribution in [2.45, 2.75) is 156 Å². The Hall–Kier alpha value is -4.56. The summed E-state index contributed by atoms with van der Waals surface area (Å²) in [7, 11) is 53.5. The third kappa shape index (κ3) is 69.0. The molecule has 8 aliphatic rings. The zero-order valence-corrected chi connectivity index (χ0v) is 89.5. The monoisotopic (exact) mass is 1820 g/mol. The molecule has 4 aromatic carbocycles. The first-order valence-electron chi connectivity index (χ1n) is 49.0. The van der Waals surface area contributed by atoms with Crippen molar-refractivity contribution in [2.24, 2.45) is 23.1 Å². The summed E-state index contributed by atoms with van der Waals surface area (Å²) in [6.07, 6.45) is 23.1. The summed E-state index contributed by atoms with van der Waals surface area (Å²) in [4.78, 5) is 49.1. The highest BCUT2D eigenvalue weighted by Gasteiger charge is 2.27. The smallest absolute Gasteiger partial charge is 0.0999 e. The lowest BCUT2D eigenvalue weighted by Crippen LogP contribution is -2.49. The number of nitrogens with zero attached hydrogens (tertiary/aromatic N) is 21. The number of hydrogen-bond acceptors (Lipinski definition) is 28. The molecule has 8 fully saturated rings. The molecular formula is C101H210N28. The van der Waals surface area contributed by atoms with Crippen molar-refractivity contribution in [3.05, 3.63) is 121 Å². The Morgan fingerprint density at radius 3 is 0.651 bits per heavy atom. The van der Waals surface area contributed by atoms with E-state index in [1.165, 1.54) is 250 Å². The minimum absolute atomic E-state index is 0.250. The van der Waals surface area contributed by atoms with E-state index in [0.29, 0.717) is 43.9 Å². The topological polar surface area (TPSA) is 194 Å². The van der Waals surface area contributed by atoms with Gasteiger partial charge < -0.3 is 48.3 Å². The Kier molecular flexibility index (Phi) is 80.2. The minimum atomic E-state index is 0.250. The van der Waals surface area contributed by atoms with Gasteiger partial charge in [-0.05, 0) is 374 Å². The molecule has 0 amide bonds. The van der Waals surface area contributed by atoms with Crippen molar-refractivity contribution in [3.8, 4) is 0 Å². The van der Waals surface area contributed by atoms with E-state index >= 15 is 0 Å². The maximum absolute atomic E-state index is 4.92. The molecule has 129 heavy (non-hydrogen) atoms. The molecule has 8 saturated heterocycles. The SMILES string of the molecule is C1CCN(CN2CCCC2)C1.C1CCN(CN2CCCCC2)CC1.C1CN(CN2CCC2)C1.C1CN1CN1CC1.CC(C)C(N(C)C)N(C)C.CC(N(C)C)N(C)C.CCC(N(C)C)N(C)C.CCCC(N(C)C)N(C)C.CN(C)CN(C)C.CNCN.CNCN(C)C.CNCNC.NCN.c1ccc(N(CN(c2ccccc2)c2ccccc2)c2ccccc2)cc1. The zero-order valence-electron chi connectivity index (χ0n) is 89.5. The molecule has 28 nitrogen and oxygen atoms in total. The quantitative estimate of drug-likeness (QED) is 0.0176. The normalized spacial score (nSPS) is 16.4. The van der Waals surface area contributed by atoms with E-state index < -0.39 is 0 Å². The van der Waals surface area contributed by atoms with Crippen molar-refractivity contribution in [1.29, 1.82) is 0 Å². The molecule has 8 heterocycles. The molecule has 4 aromatic rings. The number of anilines is 4. The highest BCUT2D eigenvalue weighted by molar-refractivity contribution is 5.69. The van der Waals surface area contributed by atoms with E-state index in [1.54, 1.807) is 7.05 Å². The number of hydrogen-bond donors (Lipinski definition) is 7. The zero-order chi connectivity index (χ0) is 97.3. The van der Waals surface area contributed by atoms with E-state index in [-0.39, 0.29) is 6.67 Å². The van der Waals surface area contributed by atoms with Gasteiger partial charge in [0.2, 0.25) is 0 Å². The molecule has 28 heteroatoms. The van der Waals surface area contributed by atoms with Crippen molar-refractivity contribution in [1.82, 2.24) is 114 Å². The van der Waals surface area contributed by atoms with Gasteiger partial charge in [0.15, 0.2) is 0 Å². The van der Waals surface area contributed by atoms with E-state index in [9.17, 15) is 0 Å². The van der Waals surface area contributed by atoms with Crippen molar-refractivity contribution >= 4 is 22.7 Å². The largest absolute Gasteiger partial charge is 0.323 e. The van der Waals surface area contributed by atoms with Crippen LogP contribution in [0, 0.1) is 5.92 Å². The fraction of sp³-hybridized carbons (Fsp3) is 0.762. The lowest BCUT2D eigenvalue weighted by Gasteiger charge is -2.39. The fourth-order valence-electron chi connectivity index (χ4n) is 15.5. The number of benzene rings is 4. The predicted octanol–water partition coefficient (Wildman–Crippen LogP) is 10.4. The van der Waals surface area contributed by atoms with Crippen LogP contribution in [0.5, 0.6) is 0 Å². The lowest BCUT2D eigenvalue weighted by molar-refractivity contribution is 0.0461. The highest BCUT2D eigenvalue weighted by Crippen LogP contribution is 2.31. The highest BCUT2D eigenvalue weighted by atomic mass is 15.4. The number of piperidine rings is 2. The van der Waals surface area contributed by atoms with Gasteiger partial charge in [0.25, 0.3) is 0 Å². The number of para-hydroxylation sites is 4. The van der Waals surface area contributed by atoms with Crippen LogP contribution in [0.15, 0.2) is 121 Å². The summed E-state index contributed by atoms with van der Waals surface area (Å²) in [6.45, 7) is 42.0. The maximum Gasteiger partial charge on any atom is 0.0999 e. The summed E-state index contributed by atoms with van der Waals surface area (Å²) < 4.78 is 0. The molecule has 0 aromatic heterocycles. The molecule has 12 rings (SSSR count). The van der Waals surface area contributed by atoms with Crippen LogP contribution < -0.4 is 48.3 Å². The van der Waals surface area contributed by atoms with Crippen LogP contribution in [-0.2, 0) is 0 Å². The Morgan fingerprint density at radius 1 is 0.295 bits per heavy atom. The predicted molar refractivity (Wildman–Crippen MR) is 567 cm³/mol. The molecule has 0 saturated carbocycles. The average molecular weight is 1820 g/mol. The number of nitrogens with one attached hydrogen (secondary N) is 4. The van der Waals surface area contributed by atoms with Crippen molar-refractivity contribution in [2.75, 3.05) is 364 Å². The second kappa shape index (κ2) is 81.8. The van der Waals surface area contributed by atoms with Gasteiger partial charge in [-0.3, -0.25) is 93.1 Å². The van der Waals surface area contributed by atoms with Gasteiger partial charge >= 0.3 is 0 Å². The average Bonchev–Trinajstić information content (AvgIpc) is 1.78. The van der Waals surface area contributed by atoms with Gasteiger partial charge in [-0.25, -0.2) is 0 Å². The standard InChI is InChI=1S/C25H22N2.C11H22N2.C9H18N2.2C8H20N2.C7H14N2.C7H18N2.C6H16N2.C5H10N2.C5H14N2.C4H12N2.C3H10N2.C2H8N2.CH6N2/c1-5-13-22(14-6-1)26(23-15-7-2-8-16-23)21-27(24-17-9-3-10-18-24)25-19-11-4-12-20-25;1-3-7-12(8-4-1)11-13-9-5-2-6-10-13;1-2-6-10(5-1)9-11-7-3-4-8-11;1-7(2)8(9(3)4)10(5)6;1-6-7-8(9(2)3)10(4)5;1-3-8(4-1)7-9-5-2-6-9;1-6-7(8(2)3)9(4)5;1-6(7(2)3)8(4)5;1-2-6(1)5-7-3-4-7;1-6(2)5-7(3)4;1-5-4-6(2)3;1-4-3-5-2;1-4-2-3;2-1-3/h1-20H,21H2;1-11H2;1-9H2;7-8H,1-6H3;8H,6-7H2,1-5H3;1-7H2;7H,6H2,1-5H3;6H,1-5H3;1-5H2;5H2,1-4H3;5H,4H2,1-3H3;4-5H,3H2,1-2H3;4H,2-3H2,1H3;1-3H2. The van der Waals surface area contributed by atoms with Crippen LogP contribution in [0.25, 0.3) is 0 Å². The molecule has 0 radical (unpaired) electrons. The van der Waals surface area contributed by atoms with E-state index in [1.807, 2.05) is 35.2 Å². The lowest BCUT2D eigenvalue weighted by atomic mass is 10.1. The van der Waals surface area contributed by atoms with Crippen LogP contribution in [0.1, 0.15) is 131 Å². The van der Waals surface area contributed by atoms with Crippen LogP contribution >= 0.6 is 0 Å². The van der Waals surface area contributed by atoms with E-state index in [4.69, 9.17) is 5.73 Å². The molecule has 8 aliphatic heterocycles. The molecule has 754 valence electrons. The fourth-order valence-corrected chi connectivity index (χ4v) is 15.5. The van der Waals surface area contributed by atoms with Gasteiger partial charge in [-0.15, -0.1) is 0 Å². The summed E-state index contributed by atoms with van der Waals surface area (Å²) >= 11 is 0. The van der Waals surface area contributed by atoms with Crippen LogP contribution in [0.3, 0.4) is 0 Å². The molecule has 0 atom stereocenters. The number of likely N-dealkylation sites (tertiary alicyclic amines) is 6. The van der Waals surface area contributed by atoms with Crippen molar-refractivity contribution < 1.29 is 0 Å². The third-order valence-corrected chi connectivity index (χ3v) is 22.5. The maximum atomic E-state index is 4.92. The Labute approximate surface area is 797 Å². The number of nitrogens with two attached hydrogens (primary N) is 3. The second-order valence-electron chi connectivity index (χ2n) is 37.8. The Balaban J connectivity index is 0. The van der Waals surface area contributed by atoms with Gasteiger partial charge in [0, 0.05) is 108 Å². The Bertz CT molecular complexity index is 2670. The minimum Gasteiger partial charge on any atom is -0.323 e. The van der Waals surface area contributed by atoms with Gasteiger partial charge in [0.05, 0.1) is 58.0 Å². The molecule has 0 aliphatic carbocycles. The number of rotatable bonds is 33. The summed E-state index contributed by atoms with van der Waals surface area (Å²) in [5.74, 6) is 0.685. The summed E-state index contributed by atoms with van der Waals surface area (Å²) in [6, 6.07) is 42.1. The van der Waals surface area contributed by atoms with E-state index in [2.05, 4.69) is 433 Å². The van der Waals surface area contributed by atoms with Gasteiger partial charge in [-0.2, -0.15) is 0 Å². The van der Waals surface area contributed by atoms with Crippen LogP contribution in [0.2, 0.25) is 0 Å². The summed E-state index contributed by atoms with van der Waals surface area (Å²) in [5, 5.41) is 11.5. The van der Waals surface area contributed by atoms with Gasteiger partial charge in [-0.1, -0.05) is 120 Å². The first-order valence-corrected chi connectivity index (χ1v) is 49.0. The first kappa shape index (κ1) is 126. The molecule has 10 N–H and O–H groups in total.